The highest BCUT2D eigenvalue weighted by Crippen LogP contribution is 2.24. The Kier molecular flexibility index (Phi) is 2.32. The van der Waals surface area contributed by atoms with E-state index in [9.17, 15) is 0 Å². The molecule has 0 fully saturated rings. The molecule has 0 atom stereocenters. The monoisotopic (exact) mass is 192 g/mol. The van der Waals surface area contributed by atoms with Gasteiger partial charge in [-0.25, -0.2) is 0 Å². The summed E-state index contributed by atoms with van der Waals surface area (Å²) in [6, 6.07) is 6.35. The summed E-state index contributed by atoms with van der Waals surface area (Å²) in [5, 5.41) is 1.25. The molecule has 0 aliphatic heterocycles. The number of benzene rings is 1. The van der Waals surface area contributed by atoms with Crippen molar-refractivity contribution in [3.63, 3.8) is 0 Å². The molecule has 0 saturated carbocycles. The second kappa shape index (κ2) is 3.46. The van der Waals surface area contributed by atoms with Crippen LogP contribution in [0.5, 0.6) is 0 Å². The molecule has 13 heavy (non-hydrogen) atoms. The first kappa shape index (κ1) is 8.70. The van der Waals surface area contributed by atoms with Crippen LogP contribution in [0.2, 0.25) is 0 Å². The molecular weight excluding hydrogens is 180 g/mol. The number of thioether (sulfide) groups is 1. The molecule has 2 rings (SSSR count). The Morgan fingerprint density at radius 3 is 3.00 bits per heavy atom. The number of fused-ring (bicyclic) bond motifs is 1. The highest BCUT2D eigenvalue weighted by Gasteiger charge is 2.04. The summed E-state index contributed by atoms with van der Waals surface area (Å²) in [5.41, 5.74) is 3.55. The van der Waals surface area contributed by atoms with Gasteiger partial charge in [-0.15, -0.1) is 0 Å². The fourth-order valence-electron chi connectivity index (χ4n) is 1.46. The maximum absolute atomic E-state index is 5.47. The zero-order valence-corrected chi connectivity index (χ0v) is 8.65. The van der Waals surface area contributed by atoms with Crippen molar-refractivity contribution in [3.05, 3.63) is 35.6 Å². The van der Waals surface area contributed by atoms with E-state index in [1.54, 1.807) is 0 Å². The van der Waals surface area contributed by atoms with Gasteiger partial charge in [0.15, 0.2) is 0 Å². The third kappa shape index (κ3) is 1.59. The Balaban J connectivity index is 2.55. The second-order valence-corrected chi connectivity index (χ2v) is 4.06. The first-order valence-corrected chi connectivity index (χ1v) is 5.66. The molecule has 0 saturated heterocycles. The molecule has 1 aromatic heterocycles. The van der Waals surface area contributed by atoms with Crippen LogP contribution in [0, 0.1) is 6.92 Å². The Bertz CT molecular complexity index is 417. The molecule has 0 amide bonds. The van der Waals surface area contributed by atoms with Crippen molar-refractivity contribution < 1.29 is 4.42 Å². The second-order valence-electron chi connectivity index (χ2n) is 3.19. The van der Waals surface area contributed by atoms with Crippen LogP contribution < -0.4 is 0 Å². The van der Waals surface area contributed by atoms with Gasteiger partial charge in [0, 0.05) is 16.7 Å². The Morgan fingerprint density at radius 2 is 2.23 bits per heavy atom. The van der Waals surface area contributed by atoms with Gasteiger partial charge in [-0.3, -0.25) is 0 Å². The molecule has 0 bridgehead atoms. The average molecular weight is 192 g/mol. The first-order chi connectivity index (χ1) is 6.31. The minimum Gasteiger partial charge on any atom is -0.464 e. The van der Waals surface area contributed by atoms with E-state index in [4.69, 9.17) is 4.42 Å². The standard InChI is InChI=1S/C11H12OS/c1-8-3-4-10-9(7-13-2)6-12-11(10)5-8/h3-6H,7H2,1-2H3. The van der Waals surface area contributed by atoms with Crippen molar-refractivity contribution >= 4 is 22.7 Å². The lowest BCUT2D eigenvalue weighted by molar-refractivity contribution is 0.612. The van der Waals surface area contributed by atoms with Crippen LogP contribution in [-0.2, 0) is 5.75 Å². The summed E-state index contributed by atoms with van der Waals surface area (Å²) in [6.07, 6.45) is 3.97. The Hall–Kier alpha value is -0.890. The number of furan rings is 1. The van der Waals surface area contributed by atoms with Crippen LogP contribution in [0.4, 0.5) is 0 Å². The van der Waals surface area contributed by atoms with Gasteiger partial charge in [0.1, 0.15) is 5.58 Å². The van der Waals surface area contributed by atoms with E-state index in [1.165, 1.54) is 16.5 Å². The van der Waals surface area contributed by atoms with Crippen LogP contribution in [-0.4, -0.2) is 6.26 Å². The maximum Gasteiger partial charge on any atom is 0.134 e. The summed E-state index contributed by atoms with van der Waals surface area (Å²) >= 11 is 1.82. The van der Waals surface area contributed by atoms with Gasteiger partial charge in [0.05, 0.1) is 6.26 Å². The molecule has 0 radical (unpaired) electrons. The van der Waals surface area contributed by atoms with Crippen LogP contribution in [0.15, 0.2) is 28.9 Å². The van der Waals surface area contributed by atoms with E-state index >= 15 is 0 Å². The summed E-state index contributed by atoms with van der Waals surface area (Å²) in [5.74, 6) is 1.02. The number of hydrogen-bond donors (Lipinski definition) is 0. The molecule has 2 aromatic rings. The van der Waals surface area contributed by atoms with Gasteiger partial charge in [-0.2, -0.15) is 11.8 Å². The van der Waals surface area contributed by atoms with Crippen LogP contribution in [0.25, 0.3) is 11.0 Å². The van der Waals surface area contributed by atoms with Crippen molar-refractivity contribution in [1.82, 2.24) is 0 Å². The van der Waals surface area contributed by atoms with Crippen molar-refractivity contribution in [2.45, 2.75) is 12.7 Å². The van der Waals surface area contributed by atoms with E-state index in [2.05, 4.69) is 31.4 Å². The molecule has 0 N–H and O–H groups in total. The zero-order chi connectivity index (χ0) is 9.26. The Morgan fingerprint density at radius 1 is 1.38 bits per heavy atom. The molecule has 2 heteroatoms. The van der Waals surface area contributed by atoms with Crippen molar-refractivity contribution in [3.8, 4) is 0 Å². The van der Waals surface area contributed by atoms with Gasteiger partial charge >= 0.3 is 0 Å². The van der Waals surface area contributed by atoms with Gasteiger partial charge in [0.2, 0.25) is 0 Å². The molecule has 0 spiro atoms. The third-order valence-corrected chi connectivity index (χ3v) is 2.71. The smallest absolute Gasteiger partial charge is 0.134 e. The van der Waals surface area contributed by atoms with Gasteiger partial charge in [-0.05, 0) is 24.8 Å². The molecule has 1 heterocycles. The van der Waals surface area contributed by atoms with Crippen molar-refractivity contribution in [2.24, 2.45) is 0 Å². The van der Waals surface area contributed by atoms with Gasteiger partial charge in [-0.1, -0.05) is 12.1 Å². The van der Waals surface area contributed by atoms with E-state index in [-0.39, 0.29) is 0 Å². The summed E-state index contributed by atoms with van der Waals surface area (Å²) in [6.45, 7) is 2.08. The lowest BCUT2D eigenvalue weighted by atomic mass is 10.1. The quantitative estimate of drug-likeness (QED) is 0.721. The highest BCUT2D eigenvalue weighted by atomic mass is 32.2. The molecule has 0 aliphatic carbocycles. The Labute approximate surface area is 82.1 Å². The maximum atomic E-state index is 5.47. The SMILES string of the molecule is CSCc1coc2cc(C)ccc12. The van der Waals surface area contributed by atoms with Crippen molar-refractivity contribution in [1.29, 1.82) is 0 Å². The minimum atomic E-state index is 1.00. The third-order valence-electron chi connectivity index (χ3n) is 2.11. The lowest BCUT2D eigenvalue weighted by Crippen LogP contribution is -1.76. The zero-order valence-electron chi connectivity index (χ0n) is 7.83. The fourth-order valence-corrected chi connectivity index (χ4v) is 1.99. The normalized spacial score (nSPS) is 10.9. The predicted octanol–water partition coefficient (Wildman–Crippen LogP) is 3.60. The molecule has 0 unspecified atom stereocenters. The molecule has 68 valence electrons. The van der Waals surface area contributed by atoms with Gasteiger partial charge < -0.3 is 4.42 Å². The number of aryl methyl sites for hydroxylation is 1. The summed E-state index contributed by atoms with van der Waals surface area (Å²) in [7, 11) is 0. The van der Waals surface area contributed by atoms with Crippen molar-refractivity contribution in [2.75, 3.05) is 6.26 Å². The van der Waals surface area contributed by atoms with Crippen LogP contribution >= 0.6 is 11.8 Å². The van der Waals surface area contributed by atoms with E-state index < -0.39 is 0 Å². The van der Waals surface area contributed by atoms with E-state index in [0.29, 0.717) is 0 Å². The molecule has 1 nitrogen and oxygen atoms in total. The van der Waals surface area contributed by atoms with Gasteiger partial charge in [0.25, 0.3) is 0 Å². The number of hydrogen-bond acceptors (Lipinski definition) is 2. The summed E-state index contributed by atoms with van der Waals surface area (Å²) in [4.78, 5) is 0. The molecule has 0 aliphatic rings. The fraction of sp³-hybridized carbons (Fsp3) is 0.273. The predicted molar refractivity (Wildman–Crippen MR) is 58.2 cm³/mol. The largest absolute Gasteiger partial charge is 0.464 e. The van der Waals surface area contributed by atoms with Crippen LogP contribution in [0.1, 0.15) is 11.1 Å². The number of rotatable bonds is 2. The summed E-state index contributed by atoms with van der Waals surface area (Å²) < 4.78 is 5.47. The minimum absolute atomic E-state index is 1.00. The first-order valence-electron chi connectivity index (χ1n) is 4.27. The van der Waals surface area contributed by atoms with E-state index in [0.717, 1.165) is 11.3 Å². The highest BCUT2D eigenvalue weighted by molar-refractivity contribution is 7.97. The lowest BCUT2D eigenvalue weighted by Gasteiger charge is -1.94. The molecular formula is C11H12OS. The topological polar surface area (TPSA) is 13.1 Å². The van der Waals surface area contributed by atoms with E-state index in [1.807, 2.05) is 18.0 Å². The van der Waals surface area contributed by atoms with Crippen LogP contribution in [0.3, 0.4) is 0 Å². The average Bonchev–Trinajstić information content (AvgIpc) is 2.49. The molecule has 1 aromatic carbocycles.